The van der Waals surface area contributed by atoms with Gasteiger partial charge < -0.3 is 54.0 Å². The molecule has 1 rings (SSSR count). The van der Waals surface area contributed by atoms with Crippen molar-refractivity contribution in [1.29, 1.82) is 0 Å². The molecule has 1 fully saturated rings. The molecule has 0 spiro atoms. The van der Waals surface area contributed by atoms with Crippen LogP contribution in [-0.2, 0) is 42.7 Å². The third-order valence-electron chi connectivity index (χ3n) is 4.69. The van der Waals surface area contributed by atoms with Crippen molar-refractivity contribution in [2.24, 2.45) is 0 Å². The average molecular weight is 483 g/mol. The summed E-state index contributed by atoms with van der Waals surface area (Å²) in [4.78, 5) is 22.0. The number of ether oxygens (including phenoxy) is 7. The van der Waals surface area contributed by atoms with Gasteiger partial charge in [-0.15, -0.1) is 0 Å². The minimum Gasteiger partial charge on any atom is -0.388 e. The molecule has 1 heterocycles. The molecular formula is C20H38N2O11. The van der Waals surface area contributed by atoms with Gasteiger partial charge in [-0.2, -0.15) is 0 Å². The molecule has 4 N–H and O–H groups in total. The highest BCUT2D eigenvalue weighted by molar-refractivity contribution is 5.75. The Bertz CT molecular complexity index is 512. The Morgan fingerprint density at radius 3 is 2.09 bits per heavy atom. The lowest BCUT2D eigenvalue weighted by molar-refractivity contribution is -0.265. The summed E-state index contributed by atoms with van der Waals surface area (Å²) in [5.74, 6) is -0.0717. The van der Waals surface area contributed by atoms with Crippen LogP contribution in [0.25, 0.3) is 0 Å². The van der Waals surface area contributed by atoms with E-state index in [-0.39, 0.29) is 19.1 Å². The van der Waals surface area contributed by atoms with Crippen molar-refractivity contribution in [1.82, 2.24) is 10.6 Å². The Kier molecular flexibility index (Phi) is 17.0. The average Bonchev–Trinajstić information content (AvgIpc) is 2.82. The molecule has 0 aliphatic carbocycles. The first kappa shape index (κ1) is 29.6. The van der Waals surface area contributed by atoms with E-state index in [1.165, 1.54) is 7.11 Å². The lowest BCUT2D eigenvalue weighted by Gasteiger charge is -2.41. The topological polar surface area (TPSA) is 163 Å². The third kappa shape index (κ3) is 12.6. The first-order chi connectivity index (χ1) is 16.0. The van der Waals surface area contributed by atoms with Crippen molar-refractivity contribution in [3.05, 3.63) is 0 Å². The molecule has 0 saturated carbocycles. The highest BCUT2D eigenvalue weighted by Crippen LogP contribution is 2.21. The molecule has 2 amide bonds. The van der Waals surface area contributed by atoms with E-state index in [0.717, 1.165) is 0 Å². The van der Waals surface area contributed by atoms with Gasteiger partial charge in [0, 0.05) is 27.2 Å². The quantitative estimate of drug-likeness (QED) is 0.106. The molecule has 13 nitrogen and oxygen atoms in total. The summed E-state index contributed by atoms with van der Waals surface area (Å²) in [6.07, 6.45) is -3.46. The van der Waals surface area contributed by atoms with Crippen LogP contribution >= 0.6 is 0 Å². The SMILES string of the molecule is COCCC(=O)NCCOCCOCCOCCOC[C@H]1O[C@@H](OC)[C@H](NC=O)[C@@H](O)[C@H]1O. The van der Waals surface area contributed by atoms with Gasteiger partial charge in [0.2, 0.25) is 12.3 Å². The van der Waals surface area contributed by atoms with Gasteiger partial charge in [-0.25, -0.2) is 0 Å². The molecule has 33 heavy (non-hydrogen) atoms. The molecule has 0 radical (unpaired) electrons. The van der Waals surface area contributed by atoms with Crippen LogP contribution in [0.1, 0.15) is 6.42 Å². The molecule has 1 saturated heterocycles. The number of amides is 2. The first-order valence-electron chi connectivity index (χ1n) is 10.9. The van der Waals surface area contributed by atoms with Crippen LogP contribution in [0.5, 0.6) is 0 Å². The van der Waals surface area contributed by atoms with Crippen LogP contribution in [0.3, 0.4) is 0 Å². The lowest BCUT2D eigenvalue weighted by Crippen LogP contribution is -2.63. The Morgan fingerprint density at radius 1 is 0.909 bits per heavy atom. The minimum atomic E-state index is -1.25. The van der Waals surface area contributed by atoms with E-state index in [2.05, 4.69) is 10.6 Å². The monoisotopic (exact) mass is 482 g/mol. The van der Waals surface area contributed by atoms with Crippen molar-refractivity contribution in [2.75, 3.05) is 80.2 Å². The number of rotatable bonds is 20. The summed E-state index contributed by atoms with van der Waals surface area (Å²) in [5, 5.41) is 25.4. The summed E-state index contributed by atoms with van der Waals surface area (Å²) in [6.45, 7) is 3.45. The molecule has 1 aliphatic rings. The smallest absolute Gasteiger partial charge is 0.222 e. The van der Waals surface area contributed by atoms with Gasteiger partial charge in [0.05, 0.1) is 59.5 Å². The summed E-state index contributed by atoms with van der Waals surface area (Å²) in [5.41, 5.74) is 0. The Labute approximate surface area is 193 Å². The maximum atomic E-state index is 11.3. The molecular weight excluding hydrogens is 444 g/mol. The summed E-state index contributed by atoms with van der Waals surface area (Å²) in [7, 11) is 2.92. The maximum Gasteiger partial charge on any atom is 0.222 e. The predicted octanol–water partition coefficient (Wildman–Crippen LogP) is -2.59. The van der Waals surface area contributed by atoms with Crippen molar-refractivity contribution in [3.8, 4) is 0 Å². The number of methoxy groups -OCH3 is 2. The minimum absolute atomic E-state index is 0.0237. The summed E-state index contributed by atoms with van der Waals surface area (Å²) < 4.78 is 37.0. The Hall–Kier alpha value is -1.42. The normalized spacial score (nSPS) is 25.0. The fraction of sp³-hybridized carbons (Fsp3) is 0.900. The third-order valence-corrected chi connectivity index (χ3v) is 4.69. The van der Waals surface area contributed by atoms with Gasteiger partial charge in [0.15, 0.2) is 6.29 Å². The van der Waals surface area contributed by atoms with E-state index in [0.29, 0.717) is 65.6 Å². The van der Waals surface area contributed by atoms with Crippen LogP contribution in [0, 0.1) is 0 Å². The molecule has 194 valence electrons. The van der Waals surface area contributed by atoms with Gasteiger partial charge in [-0.1, -0.05) is 0 Å². The molecule has 0 aromatic carbocycles. The largest absolute Gasteiger partial charge is 0.388 e. The second kappa shape index (κ2) is 18.9. The Morgan fingerprint density at radius 2 is 1.52 bits per heavy atom. The van der Waals surface area contributed by atoms with E-state index in [4.69, 9.17) is 33.2 Å². The van der Waals surface area contributed by atoms with Crippen LogP contribution < -0.4 is 10.6 Å². The summed E-state index contributed by atoms with van der Waals surface area (Å²) >= 11 is 0. The molecule has 13 heteroatoms. The van der Waals surface area contributed by atoms with Gasteiger partial charge in [0.1, 0.15) is 24.4 Å². The van der Waals surface area contributed by atoms with Crippen LogP contribution in [-0.4, -0.2) is 133 Å². The lowest BCUT2D eigenvalue weighted by atomic mass is 9.97. The fourth-order valence-corrected chi connectivity index (χ4v) is 2.93. The standard InChI is InChI=1S/C20H38N2O11/c1-27-5-3-16(24)21-4-6-29-7-8-30-9-10-31-11-12-32-13-15-18(25)19(26)17(22-14-23)20(28-2)33-15/h14-15,17-20,25-26H,3-13H2,1-2H3,(H,21,24)(H,22,23)/t15-,17-,18+,19-,20-/m1/s1. The predicted molar refractivity (Wildman–Crippen MR) is 113 cm³/mol. The van der Waals surface area contributed by atoms with Gasteiger partial charge in [0.25, 0.3) is 0 Å². The number of carbonyl (C=O) groups excluding carboxylic acids is 2. The first-order valence-corrected chi connectivity index (χ1v) is 10.9. The van der Waals surface area contributed by atoms with Crippen LogP contribution in [0.2, 0.25) is 0 Å². The van der Waals surface area contributed by atoms with Crippen LogP contribution in [0.15, 0.2) is 0 Å². The zero-order valence-electron chi connectivity index (χ0n) is 19.3. The Balaban J connectivity index is 1.95. The van der Waals surface area contributed by atoms with Crippen molar-refractivity contribution < 1.29 is 53.0 Å². The number of nitrogens with one attached hydrogen (secondary N) is 2. The number of carbonyl (C=O) groups is 2. The second-order valence-electron chi connectivity index (χ2n) is 7.07. The highest BCUT2D eigenvalue weighted by Gasteiger charge is 2.44. The van der Waals surface area contributed by atoms with Crippen LogP contribution in [0.4, 0.5) is 0 Å². The number of aliphatic hydroxyl groups excluding tert-OH is 2. The molecule has 0 aromatic rings. The molecule has 0 bridgehead atoms. The molecule has 0 aromatic heterocycles. The maximum absolute atomic E-state index is 11.3. The zero-order valence-corrected chi connectivity index (χ0v) is 19.3. The molecule has 1 aliphatic heterocycles. The van der Waals surface area contributed by atoms with Gasteiger partial charge >= 0.3 is 0 Å². The number of hydrogen-bond acceptors (Lipinski definition) is 11. The van der Waals surface area contributed by atoms with E-state index >= 15 is 0 Å². The highest BCUT2D eigenvalue weighted by atomic mass is 16.7. The second-order valence-corrected chi connectivity index (χ2v) is 7.07. The van der Waals surface area contributed by atoms with Crippen molar-refractivity contribution in [3.63, 3.8) is 0 Å². The van der Waals surface area contributed by atoms with Crippen molar-refractivity contribution >= 4 is 12.3 Å². The van der Waals surface area contributed by atoms with E-state index < -0.39 is 30.6 Å². The molecule has 5 atom stereocenters. The van der Waals surface area contributed by atoms with Gasteiger partial charge in [-0.3, -0.25) is 9.59 Å². The summed E-state index contributed by atoms with van der Waals surface area (Å²) in [6, 6.07) is -0.876. The van der Waals surface area contributed by atoms with E-state index in [9.17, 15) is 19.8 Å². The fourth-order valence-electron chi connectivity index (χ4n) is 2.93. The van der Waals surface area contributed by atoms with Gasteiger partial charge in [-0.05, 0) is 0 Å². The van der Waals surface area contributed by atoms with E-state index in [1.54, 1.807) is 7.11 Å². The van der Waals surface area contributed by atoms with E-state index in [1.807, 2.05) is 0 Å². The van der Waals surface area contributed by atoms with Crippen molar-refractivity contribution in [2.45, 2.75) is 37.1 Å². The number of aliphatic hydroxyl groups is 2. The zero-order chi connectivity index (χ0) is 24.3. The molecule has 0 unspecified atom stereocenters. The number of hydrogen-bond donors (Lipinski definition) is 4.